The van der Waals surface area contributed by atoms with Crippen molar-refractivity contribution in [2.75, 3.05) is 0 Å². The number of aromatic nitrogens is 3. The van der Waals surface area contributed by atoms with Crippen molar-refractivity contribution in [3.63, 3.8) is 0 Å². The molecule has 0 N–H and O–H groups in total. The second kappa shape index (κ2) is 7.87. The summed E-state index contributed by atoms with van der Waals surface area (Å²) in [5.74, 6) is -0.862. The number of hydrogen-bond acceptors (Lipinski definition) is 6. The predicted octanol–water partition coefficient (Wildman–Crippen LogP) is 4.36. The highest BCUT2D eigenvalue weighted by atomic mass is 19.4. The third-order valence-corrected chi connectivity index (χ3v) is 4.77. The Balaban J connectivity index is 1.97. The minimum absolute atomic E-state index is 0.0833. The zero-order valence-corrected chi connectivity index (χ0v) is 16.0. The van der Waals surface area contributed by atoms with Crippen LogP contribution < -0.4 is 5.56 Å². The van der Waals surface area contributed by atoms with Crippen LogP contribution in [-0.4, -0.2) is 19.6 Å². The van der Waals surface area contributed by atoms with Crippen molar-refractivity contribution in [1.82, 2.24) is 14.7 Å². The summed E-state index contributed by atoms with van der Waals surface area (Å²) < 4.78 is 59.5. The van der Waals surface area contributed by atoms with E-state index in [0.717, 1.165) is 10.6 Å². The summed E-state index contributed by atoms with van der Waals surface area (Å²) in [6.45, 7) is -0.299. The third-order valence-electron chi connectivity index (χ3n) is 4.77. The quantitative estimate of drug-likeness (QED) is 0.255. The van der Waals surface area contributed by atoms with Gasteiger partial charge in [-0.3, -0.25) is 19.5 Å². The maximum atomic E-state index is 14.0. The lowest BCUT2D eigenvalue weighted by molar-refractivity contribution is -0.384. The van der Waals surface area contributed by atoms with Crippen LogP contribution in [0.4, 0.5) is 23.2 Å². The van der Waals surface area contributed by atoms with Gasteiger partial charge < -0.3 is 4.52 Å². The number of halogens is 4. The molecule has 0 unspecified atom stereocenters. The van der Waals surface area contributed by atoms with Crippen LogP contribution in [0.2, 0.25) is 0 Å². The summed E-state index contributed by atoms with van der Waals surface area (Å²) in [6.07, 6.45) is -5.07. The Labute approximate surface area is 175 Å². The second-order valence-corrected chi connectivity index (χ2v) is 6.72. The van der Waals surface area contributed by atoms with E-state index in [-0.39, 0.29) is 29.9 Å². The first-order valence-corrected chi connectivity index (χ1v) is 9.13. The molecule has 0 amide bonds. The Kier molecular flexibility index (Phi) is 5.20. The van der Waals surface area contributed by atoms with Gasteiger partial charge in [-0.15, -0.1) is 0 Å². The van der Waals surface area contributed by atoms with Gasteiger partial charge in [0, 0.05) is 12.6 Å². The van der Waals surface area contributed by atoms with E-state index < -0.39 is 45.0 Å². The fourth-order valence-electron chi connectivity index (χ4n) is 3.30. The Hall–Kier alpha value is -4.09. The third kappa shape index (κ3) is 3.70. The van der Waals surface area contributed by atoms with Gasteiger partial charge in [-0.05, 0) is 24.1 Å². The molecule has 32 heavy (non-hydrogen) atoms. The van der Waals surface area contributed by atoms with Crippen LogP contribution in [-0.2, 0) is 19.1 Å². The van der Waals surface area contributed by atoms with Crippen molar-refractivity contribution in [1.29, 1.82) is 0 Å². The summed E-state index contributed by atoms with van der Waals surface area (Å²) in [7, 11) is 0. The van der Waals surface area contributed by atoms with Gasteiger partial charge in [-0.1, -0.05) is 35.5 Å². The Bertz CT molecular complexity index is 1390. The zero-order chi connectivity index (χ0) is 23.0. The topological polar surface area (TPSA) is 104 Å². The van der Waals surface area contributed by atoms with Crippen LogP contribution in [0.3, 0.4) is 0 Å². The van der Waals surface area contributed by atoms with Gasteiger partial charge in [0.15, 0.2) is 5.82 Å². The first kappa shape index (κ1) is 21.2. The Morgan fingerprint density at radius 2 is 1.78 bits per heavy atom. The minimum Gasteiger partial charge on any atom is -0.335 e. The lowest BCUT2D eigenvalue weighted by atomic mass is 10.1. The fraction of sp³-hybridized carbons (Fsp3) is 0.150. The molecule has 2 aromatic carbocycles. The molecule has 2 heterocycles. The van der Waals surface area contributed by atoms with Crippen LogP contribution in [0.15, 0.2) is 57.8 Å². The van der Waals surface area contributed by atoms with Gasteiger partial charge in [-0.2, -0.15) is 18.2 Å². The number of nitro benzene ring substituents is 1. The molecule has 0 atom stereocenters. The highest BCUT2D eigenvalue weighted by Crippen LogP contribution is 2.34. The smallest absolute Gasteiger partial charge is 0.335 e. The maximum absolute atomic E-state index is 14.0. The molecule has 0 saturated heterocycles. The lowest BCUT2D eigenvalue weighted by Gasteiger charge is -2.13. The first-order valence-electron chi connectivity index (χ1n) is 9.13. The first-order chi connectivity index (χ1) is 15.2. The molecule has 4 aromatic rings. The molecule has 2 aromatic heterocycles. The molecular formula is C20H12F4N4O4. The highest BCUT2D eigenvalue weighted by molar-refractivity contribution is 5.79. The molecule has 8 nitrogen and oxygen atoms in total. The van der Waals surface area contributed by atoms with Gasteiger partial charge in [0.1, 0.15) is 11.2 Å². The minimum atomic E-state index is -4.99. The summed E-state index contributed by atoms with van der Waals surface area (Å²) in [5, 5.41) is 13.5. The van der Waals surface area contributed by atoms with E-state index >= 15 is 0 Å². The van der Waals surface area contributed by atoms with Gasteiger partial charge in [0.05, 0.1) is 10.5 Å². The predicted molar refractivity (Wildman–Crippen MR) is 103 cm³/mol. The van der Waals surface area contributed by atoms with Gasteiger partial charge in [0.25, 0.3) is 17.0 Å². The molecular weight excluding hydrogens is 436 g/mol. The Morgan fingerprint density at radius 1 is 1.09 bits per heavy atom. The monoisotopic (exact) mass is 448 g/mol. The molecule has 0 aliphatic carbocycles. The molecule has 0 radical (unpaired) electrons. The van der Waals surface area contributed by atoms with E-state index in [4.69, 9.17) is 0 Å². The number of benzene rings is 2. The van der Waals surface area contributed by atoms with E-state index in [0.29, 0.717) is 0 Å². The van der Waals surface area contributed by atoms with Crippen molar-refractivity contribution >= 4 is 16.8 Å². The van der Waals surface area contributed by atoms with E-state index in [1.165, 1.54) is 36.4 Å². The number of alkyl halides is 3. The van der Waals surface area contributed by atoms with Gasteiger partial charge >= 0.3 is 6.18 Å². The van der Waals surface area contributed by atoms with E-state index in [2.05, 4.69) is 14.7 Å². The van der Waals surface area contributed by atoms with Crippen molar-refractivity contribution in [3.05, 3.63) is 86.1 Å². The summed E-state index contributed by atoms with van der Waals surface area (Å²) in [5.41, 5.74) is -3.76. The number of nitro groups is 1. The van der Waals surface area contributed by atoms with Crippen LogP contribution >= 0.6 is 0 Å². The highest BCUT2D eigenvalue weighted by Gasteiger charge is 2.39. The van der Waals surface area contributed by atoms with E-state index in [1.54, 1.807) is 6.07 Å². The van der Waals surface area contributed by atoms with E-state index in [9.17, 15) is 32.5 Å². The number of fused-ring (bicyclic) bond motifs is 1. The molecule has 0 fully saturated rings. The van der Waals surface area contributed by atoms with Crippen LogP contribution in [0.25, 0.3) is 22.5 Å². The van der Waals surface area contributed by atoms with Crippen molar-refractivity contribution in [3.8, 4) is 11.4 Å². The average molecular weight is 448 g/mol. The normalized spacial score (nSPS) is 11.8. The van der Waals surface area contributed by atoms with Crippen molar-refractivity contribution < 1.29 is 27.0 Å². The number of aryl methyl sites for hydroxylation is 1. The average Bonchev–Trinajstić information content (AvgIpc) is 3.19. The molecule has 0 aliphatic heterocycles. The van der Waals surface area contributed by atoms with Crippen molar-refractivity contribution in [2.24, 2.45) is 0 Å². The van der Waals surface area contributed by atoms with Crippen molar-refractivity contribution in [2.45, 2.75) is 19.1 Å². The largest absolute Gasteiger partial charge is 0.437 e. The lowest BCUT2D eigenvalue weighted by Crippen LogP contribution is -2.26. The van der Waals surface area contributed by atoms with Gasteiger partial charge in [-0.25, -0.2) is 4.39 Å². The molecule has 164 valence electrons. The number of hydrogen-bond donors (Lipinski definition) is 0. The van der Waals surface area contributed by atoms with Gasteiger partial charge in [0.2, 0.25) is 5.69 Å². The molecule has 0 spiro atoms. The summed E-state index contributed by atoms with van der Waals surface area (Å²) in [6, 6.07) is 11.0. The molecule has 0 saturated carbocycles. The maximum Gasteiger partial charge on any atom is 0.437 e. The molecule has 4 rings (SSSR count). The summed E-state index contributed by atoms with van der Waals surface area (Å²) in [4.78, 5) is 27.8. The second-order valence-electron chi connectivity index (χ2n) is 6.72. The molecule has 0 bridgehead atoms. The fourth-order valence-corrected chi connectivity index (χ4v) is 3.30. The zero-order valence-electron chi connectivity index (χ0n) is 16.0. The number of rotatable bonds is 5. The molecule has 12 heteroatoms. The van der Waals surface area contributed by atoms with Crippen LogP contribution in [0.1, 0.15) is 11.3 Å². The standard InChI is InChI=1S/C20H12F4N4O4/c21-13-7-3-1-5-11(13)9-10-27-17(12-6-2-4-8-14(12)28(30)31)25-18-15(19(27)29)16(26-32-18)20(22,23)24/h1-8H,9-10H2. The SMILES string of the molecule is O=c1c2c(C(F)(F)F)noc2nc(-c2ccccc2[N+](=O)[O-])n1CCc1ccccc1F. The number of nitrogens with zero attached hydrogens (tertiary/aromatic N) is 4. The number of para-hydroxylation sites is 1. The summed E-state index contributed by atoms with van der Waals surface area (Å²) >= 11 is 0. The van der Waals surface area contributed by atoms with Crippen LogP contribution in [0, 0.1) is 15.9 Å². The van der Waals surface area contributed by atoms with Crippen LogP contribution in [0.5, 0.6) is 0 Å². The molecule has 0 aliphatic rings. The Morgan fingerprint density at radius 3 is 2.47 bits per heavy atom. The van der Waals surface area contributed by atoms with E-state index in [1.807, 2.05) is 0 Å².